The van der Waals surface area contributed by atoms with Gasteiger partial charge in [-0.3, -0.25) is 4.79 Å². The number of rotatable bonds is 4. The van der Waals surface area contributed by atoms with Gasteiger partial charge in [0.1, 0.15) is 0 Å². The Morgan fingerprint density at radius 3 is 2.81 bits per heavy atom. The van der Waals surface area contributed by atoms with E-state index < -0.39 is 5.97 Å². The lowest BCUT2D eigenvalue weighted by Crippen LogP contribution is -2.16. The first-order chi connectivity index (χ1) is 7.68. The number of carboxylic acid groups (broad SMARTS) is 1. The normalized spacial score (nSPS) is 16.8. The first-order valence-corrected chi connectivity index (χ1v) is 6.22. The minimum atomic E-state index is -0.879. The third-order valence-electron chi connectivity index (χ3n) is 2.74. The Labute approximate surface area is 97.2 Å². The maximum absolute atomic E-state index is 10.4. The fourth-order valence-electron chi connectivity index (χ4n) is 1.98. The van der Waals surface area contributed by atoms with Crippen molar-refractivity contribution < 1.29 is 9.90 Å². The van der Waals surface area contributed by atoms with Crippen LogP contribution in [0.15, 0.2) is 5.16 Å². The van der Waals surface area contributed by atoms with Crippen LogP contribution in [0.5, 0.6) is 0 Å². The standard InChI is InChI=1S/C9H14N4O2S/c10-13-8(6-3-1-2-4-6)11-12-9(13)16-5-7(14)15/h6H,1-5,10H2,(H,14,15). The molecule has 0 bridgehead atoms. The zero-order valence-corrected chi connectivity index (χ0v) is 9.61. The lowest BCUT2D eigenvalue weighted by molar-refractivity contribution is -0.133. The molecule has 1 fully saturated rings. The number of nitrogens with two attached hydrogens (primary N) is 1. The van der Waals surface area contributed by atoms with Gasteiger partial charge in [0.15, 0.2) is 5.82 Å². The first-order valence-electron chi connectivity index (χ1n) is 5.23. The molecular formula is C9H14N4O2S. The number of hydrogen-bond acceptors (Lipinski definition) is 5. The highest BCUT2D eigenvalue weighted by Gasteiger charge is 2.23. The topological polar surface area (TPSA) is 94.0 Å². The maximum atomic E-state index is 10.4. The minimum absolute atomic E-state index is 0.0417. The molecule has 7 heteroatoms. The predicted octanol–water partition coefficient (Wildman–Crippen LogP) is 0.826. The molecule has 0 atom stereocenters. The SMILES string of the molecule is Nn1c(SCC(=O)O)nnc1C1CCCC1. The van der Waals surface area contributed by atoms with Crippen LogP contribution in [0, 0.1) is 0 Å². The summed E-state index contributed by atoms with van der Waals surface area (Å²) in [5.41, 5.74) is 0. The summed E-state index contributed by atoms with van der Waals surface area (Å²) in [5, 5.41) is 17.0. The molecule has 1 saturated carbocycles. The number of carbonyl (C=O) groups is 1. The second-order valence-corrected chi connectivity index (χ2v) is 4.82. The lowest BCUT2D eigenvalue weighted by atomic mass is 10.1. The highest BCUT2D eigenvalue weighted by molar-refractivity contribution is 7.99. The smallest absolute Gasteiger partial charge is 0.313 e. The van der Waals surface area contributed by atoms with Crippen LogP contribution in [0.2, 0.25) is 0 Å². The highest BCUT2D eigenvalue weighted by Crippen LogP contribution is 2.33. The van der Waals surface area contributed by atoms with Gasteiger partial charge in [-0.2, -0.15) is 0 Å². The van der Waals surface area contributed by atoms with Crippen molar-refractivity contribution in [1.29, 1.82) is 0 Å². The average molecular weight is 242 g/mol. The monoisotopic (exact) mass is 242 g/mol. The Morgan fingerprint density at radius 2 is 2.19 bits per heavy atom. The summed E-state index contributed by atoms with van der Waals surface area (Å²) in [4.78, 5) is 10.4. The molecule has 1 aromatic heterocycles. The fraction of sp³-hybridized carbons (Fsp3) is 0.667. The van der Waals surface area contributed by atoms with Gasteiger partial charge < -0.3 is 10.9 Å². The number of aliphatic carboxylic acids is 1. The molecule has 0 saturated heterocycles. The quantitative estimate of drug-likeness (QED) is 0.600. The summed E-state index contributed by atoms with van der Waals surface area (Å²) in [6.45, 7) is 0. The molecule has 2 rings (SSSR count). The molecule has 0 unspecified atom stereocenters. The van der Waals surface area contributed by atoms with Crippen molar-refractivity contribution in [2.75, 3.05) is 11.6 Å². The van der Waals surface area contributed by atoms with Crippen molar-refractivity contribution in [2.24, 2.45) is 0 Å². The Balaban J connectivity index is 2.07. The molecular weight excluding hydrogens is 228 g/mol. The molecule has 0 aromatic carbocycles. The van der Waals surface area contributed by atoms with Gasteiger partial charge in [-0.25, -0.2) is 4.68 Å². The molecule has 6 nitrogen and oxygen atoms in total. The second kappa shape index (κ2) is 4.73. The number of nitrogen functional groups attached to an aromatic ring is 1. The van der Waals surface area contributed by atoms with Gasteiger partial charge in [-0.15, -0.1) is 10.2 Å². The van der Waals surface area contributed by atoms with Gasteiger partial charge in [0.2, 0.25) is 5.16 Å². The van der Waals surface area contributed by atoms with E-state index in [9.17, 15) is 4.79 Å². The molecule has 0 amide bonds. The molecule has 1 heterocycles. The van der Waals surface area contributed by atoms with Crippen LogP contribution >= 0.6 is 11.8 Å². The minimum Gasteiger partial charge on any atom is -0.481 e. The molecule has 0 spiro atoms. The number of thioether (sulfide) groups is 1. The molecule has 1 aliphatic rings. The van der Waals surface area contributed by atoms with E-state index in [2.05, 4.69) is 10.2 Å². The van der Waals surface area contributed by atoms with E-state index in [-0.39, 0.29) is 5.75 Å². The largest absolute Gasteiger partial charge is 0.481 e. The van der Waals surface area contributed by atoms with Gasteiger partial charge in [0, 0.05) is 5.92 Å². The fourth-order valence-corrected chi connectivity index (χ4v) is 2.56. The van der Waals surface area contributed by atoms with Crippen LogP contribution in [0.25, 0.3) is 0 Å². The molecule has 1 aliphatic carbocycles. The van der Waals surface area contributed by atoms with Crippen LogP contribution < -0.4 is 5.84 Å². The van der Waals surface area contributed by atoms with Crippen molar-refractivity contribution in [3.05, 3.63) is 5.82 Å². The van der Waals surface area contributed by atoms with E-state index >= 15 is 0 Å². The van der Waals surface area contributed by atoms with Gasteiger partial charge in [-0.05, 0) is 12.8 Å². The van der Waals surface area contributed by atoms with Crippen LogP contribution in [-0.4, -0.2) is 31.7 Å². The molecule has 88 valence electrons. The van der Waals surface area contributed by atoms with Crippen LogP contribution in [-0.2, 0) is 4.79 Å². The van der Waals surface area contributed by atoms with E-state index in [1.807, 2.05) is 0 Å². The number of nitrogens with zero attached hydrogens (tertiary/aromatic N) is 3. The predicted molar refractivity (Wildman–Crippen MR) is 59.7 cm³/mol. The van der Waals surface area contributed by atoms with Crippen molar-refractivity contribution in [2.45, 2.75) is 36.8 Å². The van der Waals surface area contributed by atoms with Crippen molar-refractivity contribution in [3.63, 3.8) is 0 Å². The van der Waals surface area contributed by atoms with Crippen molar-refractivity contribution in [1.82, 2.24) is 14.9 Å². The third kappa shape index (κ3) is 2.29. The Kier molecular flexibility index (Phi) is 3.33. The van der Waals surface area contributed by atoms with Crippen LogP contribution in [0.1, 0.15) is 37.4 Å². The lowest BCUT2D eigenvalue weighted by Gasteiger charge is -2.07. The number of aromatic nitrogens is 3. The summed E-state index contributed by atoms with van der Waals surface area (Å²) in [5.74, 6) is 6.09. The first kappa shape index (κ1) is 11.3. The summed E-state index contributed by atoms with van der Waals surface area (Å²) in [6, 6.07) is 0. The Morgan fingerprint density at radius 1 is 1.50 bits per heavy atom. The van der Waals surface area contributed by atoms with Crippen molar-refractivity contribution in [3.8, 4) is 0 Å². The Bertz CT molecular complexity index is 387. The molecule has 16 heavy (non-hydrogen) atoms. The van der Waals surface area contributed by atoms with Crippen LogP contribution in [0.3, 0.4) is 0 Å². The van der Waals surface area contributed by atoms with E-state index in [4.69, 9.17) is 10.9 Å². The number of carboxylic acids is 1. The zero-order valence-electron chi connectivity index (χ0n) is 8.80. The van der Waals surface area contributed by atoms with Gasteiger partial charge in [-0.1, -0.05) is 24.6 Å². The summed E-state index contributed by atoms with van der Waals surface area (Å²) >= 11 is 1.10. The van der Waals surface area contributed by atoms with Crippen molar-refractivity contribution >= 4 is 17.7 Å². The molecule has 1 aromatic rings. The van der Waals surface area contributed by atoms with Gasteiger partial charge in [0.05, 0.1) is 5.75 Å². The zero-order chi connectivity index (χ0) is 11.5. The van der Waals surface area contributed by atoms with Gasteiger partial charge >= 0.3 is 5.97 Å². The maximum Gasteiger partial charge on any atom is 0.313 e. The summed E-state index contributed by atoms with van der Waals surface area (Å²) < 4.78 is 1.43. The van der Waals surface area contributed by atoms with E-state index in [1.54, 1.807) is 0 Å². The van der Waals surface area contributed by atoms with E-state index in [1.165, 1.54) is 17.5 Å². The van der Waals surface area contributed by atoms with Crippen LogP contribution in [0.4, 0.5) is 0 Å². The molecule has 0 radical (unpaired) electrons. The third-order valence-corrected chi connectivity index (χ3v) is 3.66. The summed E-state index contributed by atoms with van der Waals surface area (Å²) in [6.07, 6.45) is 4.60. The van der Waals surface area contributed by atoms with Gasteiger partial charge in [0.25, 0.3) is 0 Å². The average Bonchev–Trinajstić information content (AvgIpc) is 2.84. The van der Waals surface area contributed by atoms with E-state index in [0.29, 0.717) is 11.1 Å². The number of hydrogen-bond donors (Lipinski definition) is 2. The highest BCUT2D eigenvalue weighted by atomic mass is 32.2. The summed E-state index contributed by atoms with van der Waals surface area (Å²) in [7, 11) is 0. The second-order valence-electron chi connectivity index (χ2n) is 3.87. The van der Waals surface area contributed by atoms with E-state index in [0.717, 1.165) is 30.4 Å². The molecule has 3 N–H and O–H groups in total. The Hall–Kier alpha value is -1.24. The molecule has 0 aliphatic heterocycles.